The summed E-state index contributed by atoms with van der Waals surface area (Å²) in [6, 6.07) is 13.5. The summed E-state index contributed by atoms with van der Waals surface area (Å²) in [5.74, 6) is -0.602. The number of benzene rings is 1. The highest BCUT2D eigenvalue weighted by molar-refractivity contribution is 7.92. The summed E-state index contributed by atoms with van der Waals surface area (Å²) in [5, 5.41) is 14.2. The minimum Gasteiger partial charge on any atom is -0.481 e. The normalized spacial score (nSPS) is 19.7. The number of carboxylic acids is 1. The number of fused-ring (bicyclic) bond motifs is 6. The number of pyridine rings is 1. The van der Waals surface area contributed by atoms with Crippen molar-refractivity contribution in [3.8, 4) is 23.0 Å². The summed E-state index contributed by atoms with van der Waals surface area (Å²) >= 11 is 0. The molecule has 0 saturated carbocycles. The Bertz CT molecular complexity index is 2020. The Kier molecular flexibility index (Phi) is 10.5. The first-order valence-corrected chi connectivity index (χ1v) is 18.4. The summed E-state index contributed by atoms with van der Waals surface area (Å²) in [6.45, 7) is 2.37. The van der Waals surface area contributed by atoms with Crippen molar-refractivity contribution in [3.63, 3.8) is 0 Å². The topological polar surface area (TPSA) is 162 Å². The molecule has 0 radical (unpaired) electrons. The van der Waals surface area contributed by atoms with Crippen molar-refractivity contribution in [3.05, 3.63) is 66.5 Å². The van der Waals surface area contributed by atoms with Crippen LogP contribution >= 0.6 is 0 Å². The van der Waals surface area contributed by atoms with E-state index in [1.807, 2.05) is 29.2 Å². The van der Waals surface area contributed by atoms with E-state index in [2.05, 4.69) is 19.8 Å². The van der Waals surface area contributed by atoms with Crippen molar-refractivity contribution in [2.24, 2.45) is 10.8 Å². The molecule has 1 fully saturated rings. The quantitative estimate of drug-likeness (QED) is 0.232. The van der Waals surface area contributed by atoms with Crippen LogP contribution in [-0.2, 0) is 26.0 Å². The van der Waals surface area contributed by atoms with Crippen molar-refractivity contribution in [2.75, 3.05) is 42.5 Å². The monoisotopic (exact) mass is 743 g/mol. The maximum Gasteiger partial charge on any atom is 0.397 e. The van der Waals surface area contributed by atoms with Crippen LogP contribution in [-0.4, -0.2) is 83.3 Å². The van der Waals surface area contributed by atoms with Crippen LogP contribution in [0.1, 0.15) is 51.5 Å². The summed E-state index contributed by atoms with van der Waals surface area (Å²) in [4.78, 5) is 27.9. The van der Waals surface area contributed by atoms with Crippen LogP contribution in [0.2, 0.25) is 0 Å². The van der Waals surface area contributed by atoms with Gasteiger partial charge in [0.15, 0.2) is 16.7 Å². The number of sulfonamides is 1. The van der Waals surface area contributed by atoms with Gasteiger partial charge in [0.1, 0.15) is 23.5 Å². The smallest absolute Gasteiger partial charge is 0.397 e. The van der Waals surface area contributed by atoms with Crippen LogP contribution in [0.4, 0.5) is 24.8 Å². The number of alkyl halides is 3. The van der Waals surface area contributed by atoms with Crippen molar-refractivity contribution >= 4 is 27.6 Å². The largest absolute Gasteiger partial charge is 0.481 e. The van der Waals surface area contributed by atoms with Gasteiger partial charge in [-0.25, -0.2) is 19.6 Å². The maximum atomic E-state index is 13.8. The molecular formula is C35H40F3N7O6S. The molecule has 278 valence electrons. The van der Waals surface area contributed by atoms with E-state index >= 15 is 0 Å². The van der Waals surface area contributed by atoms with Gasteiger partial charge < -0.3 is 19.5 Å². The van der Waals surface area contributed by atoms with E-state index in [1.54, 1.807) is 12.1 Å². The summed E-state index contributed by atoms with van der Waals surface area (Å²) in [6.07, 6.45) is 2.45. The van der Waals surface area contributed by atoms with E-state index in [-0.39, 0.29) is 41.4 Å². The highest BCUT2D eigenvalue weighted by Crippen LogP contribution is 2.38. The van der Waals surface area contributed by atoms with Crippen molar-refractivity contribution in [1.29, 1.82) is 0 Å². The molecule has 5 heterocycles. The van der Waals surface area contributed by atoms with Crippen LogP contribution < -0.4 is 14.4 Å². The van der Waals surface area contributed by atoms with Crippen LogP contribution in [0.15, 0.2) is 66.0 Å². The number of hydrogen-bond acceptors (Lipinski definition) is 10. The number of aryl methyl sites for hydroxylation is 1. The first-order valence-electron chi connectivity index (χ1n) is 16.9. The zero-order valence-electron chi connectivity index (χ0n) is 28.8. The molecule has 0 aliphatic carbocycles. The Morgan fingerprint density at radius 1 is 1.06 bits per heavy atom. The molecule has 3 aromatic heterocycles. The van der Waals surface area contributed by atoms with Gasteiger partial charge in [0.2, 0.25) is 5.88 Å². The molecule has 2 N–H and O–H groups in total. The summed E-state index contributed by atoms with van der Waals surface area (Å²) < 4.78 is 82.6. The van der Waals surface area contributed by atoms with Crippen LogP contribution in [0.3, 0.4) is 0 Å². The number of aliphatic carboxylic acids is 1. The highest BCUT2D eigenvalue weighted by Gasteiger charge is 2.48. The van der Waals surface area contributed by atoms with Gasteiger partial charge in [-0.3, -0.25) is 9.52 Å². The van der Waals surface area contributed by atoms with E-state index in [0.29, 0.717) is 37.4 Å². The molecule has 0 spiro atoms. The Hall–Kier alpha value is -4.77. The molecule has 1 aromatic carbocycles. The number of carbonyl (C=O) groups is 1. The predicted octanol–water partition coefficient (Wildman–Crippen LogP) is 5.91. The lowest BCUT2D eigenvalue weighted by Crippen LogP contribution is -2.44. The minimum atomic E-state index is -4.48. The second-order valence-electron chi connectivity index (χ2n) is 13.8. The molecule has 1 unspecified atom stereocenters. The van der Waals surface area contributed by atoms with Gasteiger partial charge in [-0.1, -0.05) is 43.2 Å². The molecule has 1 saturated heterocycles. The van der Waals surface area contributed by atoms with Gasteiger partial charge in [-0.2, -0.15) is 21.6 Å². The van der Waals surface area contributed by atoms with Crippen molar-refractivity contribution < 1.29 is 41.0 Å². The van der Waals surface area contributed by atoms with E-state index in [4.69, 9.17) is 14.5 Å². The molecule has 6 rings (SSSR count). The number of halogens is 3. The third kappa shape index (κ3) is 7.99. The van der Waals surface area contributed by atoms with Crippen LogP contribution in [0, 0.1) is 10.8 Å². The number of anilines is 2. The van der Waals surface area contributed by atoms with E-state index in [0.717, 1.165) is 45.1 Å². The van der Waals surface area contributed by atoms with Gasteiger partial charge in [0, 0.05) is 37.5 Å². The molecular weight excluding hydrogens is 703 g/mol. The first kappa shape index (κ1) is 37.0. The van der Waals surface area contributed by atoms with Gasteiger partial charge in [0.05, 0.1) is 18.2 Å². The lowest BCUT2D eigenvalue weighted by atomic mass is 9.86. The van der Waals surface area contributed by atoms with E-state index < -0.39 is 39.6 Å². The summed E-state index contributed by atoms with van der Waals surface area (Å²) in [5.41, 5.74) is -1.37. The fraction of sp³-hybridized carbons (Fsp3) is 0.457. The molecule has 4 bridgehead atoms. The van der Waals surface area contributed by atoms with E-state index in [1.165, 1.54) is 29.2 Å². The van der Waals surface area contributed by atoms with Gasteiger partial charge >= 0.3 is 12.1 Å². The summed E-state index contributed by atoms with van der Waals surface area (Å²) in [7, 11) is -4.32. The number of ether oxygens (including phenoxy) is 2. The second-order valence-corrected chi connectivity index (χ2v) is 15.4. The highest BCUT2D eigenvalue weighted by atomic mass is 32.2. The standard InChI is InChI=1S/C35H40F3N7O6S/c1-33(2,35(36,37)38)22-51-28-15-18-45(42-28)31-30-25-12-7-6-11-24(25)10-5-3-4-8-17-44(21-34(32(46)47)16-19-50-23-34)27-13-9-14-29(41-27)52(48,49)43-26(40-30)20-39-31/h6-7,9,11-15,18,20H,3-5,8,10,16-17,19,21-23H2,1-2H3,(H,40,43)(H,46,47). The molecule has 1 atom stereocenters. The molecule has 17 heteroatoms. The lowest BCUT2D eigenvalue weighted by Gasteiger charge is -2.32. The van der Waals surface area contributed by atoms with Gasteiger partial charge in [-0.05, 0) is 57.2 Å². The molecule has 2 aliphatic rings. The SMILES string of the molecule is CC(C)(COc1ccn(-c2ncc3nc2-c2ccccc2CCCCCCN(CC2(C(=O)O)CCOC2)c2cccc(n2)S(=O)(=O)N3)n1)C(F)(F)F. The average Bonchev–Trinajstić information content (AvgIpc) is 3.79. The molecule has 52 heavy (non-hydrogen) atoms. The second kappa shape index (κ2) is 14.7. The fourth-order valence-corrected chi connectivity index (χ4v) is 7.04. The van der Waals surface area contributed by atoms with Gasteiger partial charge in [0.25, 0.3) is 10.0 Å². The van der Waals surface area contributed by atoms with E-state index in [9.17, 15) is 31.5 Å². The number of carboxylic acid groups (broad SMARTS) is 1. The number of nitrogens with zero attached hydrogens (tertiary/aromatic N) is 6. The first-order chi connectivity index (χ1) is 24.7. The molecule has 0 amide bonds. The van der Waals surface area contributed by atoms with Crippen LogP contribution in [0.25, 0.3) is 17.1 Å². The molecule has 4 aromatic rings. The Balaban J connectivity index is 1.37. The maximum absolute atomic E-state index is 13.8. The van der Waals surface area contributed by atoms with Gasteiger partial charge in [-0.15, -0.1) is 5.10 Å². The zero-order chi connectivity index (χ0) is 37.1. The number of rotatable bonds is 7. The molecule has 13 nitrogen and oxygen atoms in total. The molecule has 2 aliphatic heterocycles. The van der Waals surface area contributed by atoms with Crippen molar-refractivity contribution in [1.82, 2.24) is 24.7 Å². The Labute approximate surface area is 299 Å². The Morgan fingerprint density at radius 3 is 2.60 bits per heavy atom. The zero-order valence-corrected chi connectivity index (χ0v) is 29.6. The predicted molar refractivity (Wildman–Crippen MR) is 185 cm³/mol. The third-order valence-electron chi connectivity index (χ3n) is 9.38. The third-order valence-corrected chi connectivity index (χ3v) is 10.6. The number of nitrogens with one attached hydrogen (secondary N) is 1. The number of hydrogen-bond donors (Lipinski definition) is 2. The van der Waals surface area contributed by atoms with Crippen LogP contribution in [0.5, 0.6) is 5.88 Å². The lowest BCUT2D eigenvalue weighted by molar-refractivity contribution is -0.219. The average molecular weight is 744 g/mol. The fourth-order valence-electron chi connectivity index (χ4n) is 6.09. The minimum absolute atomic E-state index is 0.0524. The van der Waals surface area contributed by atoms with Crippen molar-refractivity contribution in [2.45, 2.75) is 63.6 Å². The Morgan fingerprint density at radius 2 is 1.85 bits per heavy atom. The number of aromatic nitrogens is 5.